The Hall–Kier alpha value is -3.23. The number of hydrogen-bond donors (Lipinski definition) is 1. The normalized spacial score (nSPS) is 13.0. The van der Waals surface area contributed by atoms with Crippen molar-refractivity contribution in [2.45, 2.75) is 6.54 Å². The van der Waals surface area contributed by atoms with Gasteiger partial charge in [-0.25, -0.2) is 0 Å². The number of nitrogens with one attached hydrogen (secondary N) is 1. The molecule has 1 aromatic carbocycles. The van der Waals surface area contributed by atoms with Crippen molar-refractivity contribution in [3.8, 4) is 5.75 Å². The van der Waals surface area contributed by atoms with Gasteiger partial charge in [0.05, 0.1) is 18.0 Å². The molecule has 22 heavy (non-hydrogen) atoms. The maximum atomic E-state index is 12.2. The van der Waals surface area contributed by atoms with Crippen molar-refractivity contribution in [3.63, 3.8) is 0 Å². The zero-order valence-corrected chi connectivity index (χ0v) is 11.2. The third-order valence-corrected chi connectivity index (χ3v) is 3.11. The van der Waals surface area contributed by atoms with Gasteiger partial charge in [0.2, 0.25) is 5.78 Å². The Kier molecular flexibility index (Phi) is 3.30. The SMILES string of the molecule is O=C1COc2ccc(C(=O)Cn3nccc3[N+](=O)[O-])cc2N1. The number of nitrogens with zero attached hydrogens (tertiary/aromatic N) is 3. The van der Waals surface area contributed by atoms with E-state index in [4.69, 9.17) is 4.74 Å². The first-order valence-corrected chi connectivity index (χ1v) is 6.30. The van der Waals surface area contributed by atoms with Crippen molar-refractivity contribution in [1.82, 2.24) is 9.78 Å². The van der Waals surface area contributed by atoms with Crippen LogP contribution in [0, 0.1) is 10.1 Å². The van der Waals surface area contributed by atoms with Crippen LogP contribution in [-0.2, 0) is 11.3 Å². The summed E-state index contributed by atoms with van der Waals surface area (Å²) in [6.45, 7) is -0.337. The lowest BCUT2D eigenvalue weighted by Crippen LogP contribution is -2.25. The predicted molar refractivity (Wildman–Crippen MR) is 73.8 cm³/mol. The Morgan fingerprint density at radius 1 is 1.45 bits per heavy atom. The van der Waals surface area contributed by atoms with Crippen LogP contribution >= 0.6 is 0 Å². The predicted octanol–water partition coefficient (Wildman–Crippen LogP) is 1.01. The van der Waals surface area contributed by atoms with E-state index in [1.165, 1.54) is 24.4 Å². The summed E-state index contributed by atoms with van der Waals surface area (Å²) in [5.74, 6) is -0.460. The number of anilines is 1. The van der Waals surface area contributed by atoms with Crippen LogP contribution in [0.25, 0.3) is 0 Å². The number of hydrogen-bond acceptors (Lipinski definition) is 6. The molecule has 2 aromatic rings. The number of aromatic nitrogens is 2. The molecule has 1 amide bonds. The molecular formula is C13H10N4O5. The van der Waals surface area contributed by atoms with Crippen LogP contribution in [0.3, 0.4) is 0 Å². The standard InChI is InChI=1S/C13H10N4O5/c18-10(6-16-13(17(20)21)3-4-14-16)8-1-2-11-9(5-8)15-12(19)7-22-11/h1-5H,6-7H2,(H,15,19). The molecule has 3 rings (SSSR count). The fraction of sp³-hybridized carbons (Fsp3) is 0.154. The van der Waals surface area contributed by atoms with Gasteiger partial charge in [0.25, 0.3) is 5.91 Å². The Balaban J connectivity index is 1.83. The Labute approximate surface area is 123 Å². The highest BCUT2D eigenvalue weighted by Gasteiger charge is 2.21. The Bertz CT molecular complexity index is 782. The molecule has 9 heteroatoms. The monoisotopic (exact) mass is 302 g/mol. The molecule has 1 aromatic heterocycles. The number of amides is 1. The minimum Gasteiger partial charge on any atom is -0.482 e. The minimum atomic E-state index is -0.610. The highest BCUT2D eigenvalue weighted by Crippen LogP contribution is 2.28. The first-order chi connectivity index (χ1) is 10.5. The molecule has 0 atom stereocenters. The van der Waals surface area contributed by atoms with Gasteiger partial charge < -0.3 is 20.2 Å². The van der Waals surface area contributed by atoms with E-state index in [-0.39, 0.29) is 30.7 Å². The van der Waals surface area contributed by atoms with Crippen LogP contribution in [0.15, 0.2) is 30.5 Å². The molecule has 2 heterocycles. The first kappa shape index (κ1) is 13.7. The number of Topliss-reactive ketones (excluding diaryl/α,β-unsaturated/α-hetero) is 1. The van der Waals surface area contributed by atoms with E-state index in [1.807, 2.05) is 0 Å². The quantitative estimate of drug-likeness (QED) is 0.511. The van der Waals surface area contributed by atoms with E-state index < -0.39 is 4.92 Å². The second-order valence-electron chi connectivity index (χ2n) is 4.58. The lowest BCUT2D eigenvalue weighted by atomic mass is 10.1. The Morgan fingerprint density at radius 2 is 2.27 bits per heavy atom. The fourth-order valence-electron chi connectivity index (χ4n) is 2.09. The smallest absolute Gasteiger partial charge is 0.345 e. The van der Waals surface area contributed by atoms with Crippen LogP contribution in [0.4, 0.5) is 11.5 Å². The van der Waals surface area contributed by atoms with Crippen molar-refractivity contribution in [2.24, 2.45) is 0 Å². The summed E-state index contributed by atoms with van der Waals surface area (Å²) < 4.78 is 6.21. The van der Waals surface area contributed by atoms with Gasteiger partial charge in [0.15, 0.2) is 13.2 Å². The van der Waals surface area contributed by atoms with Gasteiger partial charge in [0, 0.05) is 5.56 Å². The molecule has 0 fully saturated rings. The summed E-state index contributed by atoms with van der Waals surface area (Å²) >= 11 is 0. The Morgan fingerprint density at radius 3 is 3.05 bits per heavy atom. The van der Waals surface area contributed by atoms with Gasteiger partial charge in [-0.05, 0) is 23.1 Å². The van der Waals surface area contributed by atoms with E-state index >= 15 is 0 Å². The van der Waals surface area contributed by atoms with Gasteiger partial charge in [-0.3, -0.25) is 9.59 Å². The maximum absolute atomic E-state index is 12.2. The van der Waals surface area contributed by atoms with E-state index in [0.717, 1.165) is 4.68 Å². The average molecular weight is 302 g/mol. The van der Waals surface area contributed by atoms with E-state index in [0.29, 0.717) is 17.0 Å². The van der Waals surface area contributed by atoms with Gasteiger partial charge in [-0.15, -0.1) is 4.68 Å². The number of nitro groups is 1. The molecule has 9 nitrogen and oxygen atoms in total. The van der Waals surface area contributed by atoms with Crippen LogP contribution in [0.5, 0.6) is 5.75 Å². The second-order valence-corrected chi connectivity index (χ2v) is 4.58. The van der Waals surface area contributed by atoms with Crippen LogP contribution in [0.2, 0.25) is 0 Å². The molecule has 0 spiro atoms. The van der Waals surface area contributed by atoms with E-state index in [2.05, 4.69) is 10.4 Å². The van der Waals surface area contributed by atoms with Crippen LogP contribution in [-0.4, -0.2) is 33.0 Å². The average Bonchev–Trinajstić information content (AvgIpc) is 2.94. The highest BCUT2D eigenvalue weighted by atomic mass is 16.6. The largest absolute Gasteiger partial charge is 0.482 e. The molecule has 1 aliphatic heterocycles. The summed E-state index contributed by atoms with van der Waals surface area (Å²) in [5, 5.41) is 17.2. The molecule has 0 saturated heterocycles. The molecule has 1 N–H and O–H groups in total. The zero-order valence-electron chi connectivity index (χ0n) is 11.2. The lowest BCUT2D eigenvalue weighted by molar-refractivity contribution is -0.392. The number of carbonyl (C=O) groups is 2. The molecule has 0 bridgehead atoms. The summed E-state index contributed by atoms with van der Waals surface area (Å²) in [7, 11) is 0. The molecule has 0 unspecified atom stereocenters. The second kappa shape index (κ2) is 5.28. The number of fused-ring (bicyclic) bond motifs is 1. The summed E-state index contributed by atoms with van der Waals surface area (Å²) in [5.41, 5.74) is 0.700. The molecule has 112 valence electrons. The number of carbonyl (C=O) groups excluding carboxylic acids is 2. The summed E-state index contributed by atoms with van der Waals surface area (Å²) in [4.78, 5) is 33.7. The molecule has 1 aliphatic rings. The number of ketones is 1. The molecule has 0 aliphatic carbocycles. The summed E-state index contributed by atoms with van der Waals surface area (Å²) in [6.07, 6.45) is 1.26. The number of rotatable bonds is 4. The number of ether oxygens (including phenoxy) is 1. The van der Waals surface area contributed by atoms with Gasteiger partial charge in [-0.2, -0.15) is 0 Å². The zero-order chi connectivity index (χ0) is 15.7. The maximum Gasteiger partial charge on any atom is 0.345 e. The molecule has 0 radical (unpaired) electrons. The van der Waals surface area contributed by atoms with Crippen molar-refractivity contribution >= 4 is 23.2 Å². The van der Waals surface area contributed by atoms with Crippen LogP contribution < -0.4 is 10.1 Å². The molecular weight excluding hydrogens is 292 g/mol. The third kappa shape index (κ3) is 2.51. The fourth-order valence-corrected chi connectivity index (χ4v) is 2.09. The van der Waals surface area contributed by atoms with Crippen molar-refractivity contribution in [1.29, 1.82) is 0 Å². The highest BCUT2D eigenvalue weighted by molar-refractivity contribution is 6.00. The topological polar surface area (TPSA) is 116 Å². The molecule has 0 saturated carbocycles. The van der Waals surface area contributed by atoms with Crippen molar-refractivity contribution in [3.05, 3.63) is 46.1 Å². The van der Waals surface area contributed by atoms with Gasteiger partial charge in [-0.1, -0.05) is 5.10 Å². The van der Waals surface area contributed by atoms with Crippen molar-refractivity contribution in [2.75, 3.05) is 11.9 Å². The first-order valence-electron chi connectivity index (χ1n) is 6.30. The lowest BCUT2D eigenvalue weighted by Gasteiger charge is -2.18. The minimum absolute atomic E-state index is 0.0697. The van der Waals surface area contributed by atoms with E-state index in [1.54, 1.807) is 6.07 Å². The van der Waals surface area contributed by atoms with Gasteiger partial charge in [0.1, 0.15) is 5.75 Å². The summed E-state index contributed by atoms with van der Waals surface area (Å²) in [6, 6.07) is 5.80. The van der Waals surface area contributed by atoms with Crippen LogP contribution in [0.1, 0.15) is 10.4 Å². The van der Waals surface area contributed by atoms with E-state index in [9.17, 15) is 19.7 Å². The number of benzene rings is 1. The van der Waals surface area contributed by atoms with Crippen molar-refractivity contribution < 1.29 is 19.2 Å². The van der Waals surface area contributed by atoms with Gasteiger partial charge >= 0.3 is 5.82 Å². The third-order valence-electron chi connectivity index (χ3n) is 3.11.